The molecule has 0 radical (unpaired) electrons. The van der Waals surface area contributed by atoms with Crippen LogP contribution in [-0.2, 0) is 6.54 Å². The third-order valence-electron chi connectivity index (χ3n) is 2.11. The first-order valence-corrected chi connectivity index (χ1v) is 4.67. The molecule has 2 N–H and O–H groups in total. The molecule has 0 amide bonds. The van der Waals surface area contributed by atoms with Crippen LogP contribution in [0.25, 0.3) is 0 Å². The fraction of sp³-hybridized carbons (Fsp3) is 0.200. The summed E-state index contributed by atoms with van der Waals surface area (Å²) in [4.78, 5) is 1.38. The monoisotopic (exact) mass is 222 g/mol. The molecule has 16 heavy (non-hydrogen) atoms. The lowest BCUT2D eigenvalue weighted by molar-refractivity contribution is 0.404. The van der Waals surface area contributed by atoms with Gasteiger partial charge in [0.1, 0.15) is 11.6 Å². The molecule has 1 aromatic carbocycles. The van der Waals surface area contributed by atoms with Gasteiger partial charge in [-0.15, -0.1) is 5.10 Å². The fourth-order valence-corrected chi connectivity index (χ4v) is 1.41. The largest absolute Gasteiger partial charge is 0.496 e. The minimum atomic E-state index is -0.323. The average molecular weight is 222 g/mol. The van der Waals surface area contributed by atoms with Crippen LogP contribution in [0.2, 0.25) is 0 Å². The van der Waals surface area contributed by atoms with Crippen molar-refractivity contribution in [1.29, 1.82) is 0 Å². The van der Waals surface area contributed by atoms with Crippen molar-refractivity contribution in [2.75, 3.05) is 12.8 Å². The summed E-state index contributed by atoms with van der Waals surface area (Å²) in [5.74, 6) is 0.601. The van der Waals surface area contributed by atoms with Crippen LogP contribution < -0.4 is 10.5 Å². The number of nitrogens with two attached hydrogens (primary N) is 1. The van der Waals surface area contributed by atoms with Crippen molar-refractivity contribution in [1.82, 2.24) is 15.0 Å². The average Bonchev–Trinajstić information content (AvgIpc) is 2.64. The maximum Gasteiger partial charge on any atom is 0.165 e. The van der Waals surface area contributed by atoms with E-state index >= 15 is 0 Å². The van der Waals surface area contributed by atoms with Gasteiger partial charge in [-0.25, -0.2) is 4.39 Å². The molecule has 0 bridgehead atoms. The number of nitrogen functional groups attached to an aromatic ring is 1. The molecule has 0 spiro atoms. The number of hydrogen-bond acceptors (Lipinski definition) is 4. The van der Waals surface area contributed by atoms with Crippen LogP contribution in [0.15, 0.2) is 24.4 Å². The number of benzene rings is 1. The maximum absolute atomic E-state index is 13.1. The van der Waals surface area contributed by atoms with Crippen LogP contribution in [0.1, 0.15) is 5.56 Å². The Labute approximate surface area is 91.6 Å². The zero-order valence-electron chi connectivity index (χ0n) is 8.72. The van der Waals surface area contributed by atoms with Crippen molar-refractivity contribution in [2.45, 2.75) is 6.54 Å². The SMILES string of the molecule is COc1ccc(F)cc1Cn1ncc(N)n1. The highest BCUT2D eigenvalue weighted by molar-refractivity contribution is 5.34. The second-order valence-electron chi connectivity index (χ2n) is 3.26. The highest BCUT2D eigenvalue weighted by atomic mass is 19.1. The van der Waals surface area contributed by atoms with E-state index in [9.17, 15) is 4.39 Å². The molecule has 1 heterocycles. The Balaban J connectivity index is 2.29. The lowest BCUT2D eigenvalue weighted by Crippen LogP contribution is -2.06. The summed E-state index contributed by atoms with van der Waals surface area (Å²) in [6.07, 6.45) is 1.44. The van der Waals surface area contributed by atoms with Gasteiger partial charge in [0.15, 0.2) is 5.82 Å². The molecule has 6 heteroatoms. The lowest BCUT2D eigenvalue weighted by atomic mass is 10.2. The number of methoxy groups -OCH3 is 1. The molecule has 2 aromatic rings. The molecule has 0 fully saturated rings. The van der Waals surface area contributed by atoms with E-state index < -0.39 is 0 Å². The molecule has 0 saturated heterocycles. The fourth-order valence-electron chi connectivity index (χ4n) is 1.41. The summed E-state index contributed by atoms with van der Waals surface area (Å²) in [6, 6.07) is 4.29. The van der Waals surface area contributed by atoms with Crippen molar-refractivity contribution < 1.29 is 9.13 Å². The van der Waals surface area contributed by atoms with Crippen molar-refractivity contribution in [2.24, 2.45) is 0 Å². The summed E-state index contributed by atoms with van der Waals surface area (Å²) in [5, 5.41) is 7.84. The van der Waals surface area contributed by atoms with Gasteiger partial charge in [0.05, 0.1) is 19.9 Å². The van der Waals surface area contributed by atoms with Gasteiger partial charge in [0, 0.05) is 5.56 Å². The summed E-state index contributed by atoms with van der Waals surface area (Å²) in [5.41, 5.74) is 6.10. The highest BCUT2D eigenvalue weighted by Gasteiger charge is 2.06. The second kappa shape index (κ2) is 4.18. The summed E-state index contributed by atoms with van der Waals surface area (Å²) < 4.78 is 18.2. The number of ether oxygens (including phenoxy) is 1. The Morgan fingerprint density at radius 1 is 1.50 bits per heavy atom. The maximum atomic E-state index is 13.1. The molecule has 5 nitrogen and oxygen atoms in total. The van der Waals surface area contributed by atoms with Crippen LogP contribution in [0.5, 0.6) is 5.75 Å². The van der Waals surface area contributed by atoms with Crippen molar-refractivity contribution in [3.8, 4) is 5.75 Å². The van der Waals surface area contributed by atoms with E-state index in [0.29, 0.717) is 23.7 Å². The zero-order valence-corrected chi connectivity index (χ0v) is 8.72. The van der Waals surface area contributed by atoms with E-state index in [0.717, 1.165) is 0 Å². The Morgan fingerprint density at radius 3 is 2.94 bits per heavy atom. The molecule has 0 saturated carbocycles. The first kappa shape index (κ1) is 10.4. The Hall–Kier alpha value is -2.11. The first-order valence-electron chi connectivity index (χ1n) is 4.67. The van der Waals surface area contributed by atoms with Crippen molar-refractivity contribution in [3.05, 3.63) is 35.8 Å². The Kier molecular flexibility index (Phi) is 2.72. The number of nitrogens with zero attached hydrogens (tertiary/aromatic N) is 3. The van der Waals surface area contributed by atoms with E-state index in [4.69, 9.17) is 10.5 Å². The molecule has 0 unspecified atom stereocenters. The molecule has 0 aliphatic heterocycles. The number of aromatic nitrogens is 3. The number of anilines is 1. The van der Waals surface area contributed by atoms with Gasteiger partial charge in [-0.2, -0.15) is 9.90 Å². The van der Waals surface area contributed by atoms with Crippen LogP contribution in [0, 0.1) is 5.82 Å². The van der Waals surface area contributed by atoms with Gasteiger partial charge in [0.2, 0.25) is 0 Å². The molecular formula is C10H11FN4O. The molecule has 0 atom stereocenters. The minimum Gasteiger partial charge on any atom is -0.496 e. The van der Waals surface area contributed by atoms with E-state index in [2.05, 4.69) is 10.2 Å². The summed E-state index contributed by atoms with van der Waals surface area (Å²) in [6.45, 7) is 0.318. The first-order chi connectivity index (χ1) is 7.69. The molecule has 1 aromatic heterocycles. The third kappa shape index (κ3) is 2.10. The second-order valence-corrected chi connectivity index (χ2v) is 3.26. The van der Waals surface area contributed by atoms with E-state index in [1.54, 1.807) is 6.07 Å². The quantitative estimate of drug-likeness (QED) is 0.843. The van der Waals surface area contributed by atoms with E-state index in [-0.39, 0.29) is 5.82 Å². The Morgan fingerprint density at radius 2 is 2.31 bits per heavy atom. The van der Waals surface area contributed by atoms with Gasteiger partial charge < -0.3 is 10.5 Å². The molecule has 0 aliphatic rings. The predicted octanol–water partition coefficient (Wildman–Crippen LogP) is 1.06. The van der Waals surface area contributed by atoms with Gasteiger partial charge in [-0.1, -0.05) is 0 Å². The number of rotatable bonds is 3. The number of hydrogen-bond donors (Lipinski definition) is 1. The van der Waals surface area contributed by atoms with Crippen LogP contribution >= 0.6 is 0 Å². The number of halogens is 1. The van der Waals surface area contributed by atoms with Gasteiger partial charge >= 0.3 is 0 Å². The van der Waals surface area contributed by atoms with Gasteiger partial charge in [0.25, 0.3) is 0 Å². The Bertz CT molecular complexity index is 497. The smallest absolute Gasteiger partial charge is 0.165 e. The van der Waals surface area contributed by atoms with Crippen molar-refractivity contribution in [3.63, 3.8) is 0 Å². The highest BCUT2D eigenvalue weighted by Crippen LogP contribution is 2.19. The van der Waals surface area contributed by atoms with Crippen LogP contribution in [0.4, 0.5) is 10.2 Å². The third-order valence-corrected chi connectivity index (χ3v) is 2.11. The normalized spacial score (nSPS) is 10.4. The van der Waals surface area contributed by atoms with Gasteiger partial charge in [-0.05, 0) is 18.2 Å². The van der Waals surface area contributed by atoms with Crippen molar-refractivity contribution >= 4 is 5.82 Å². The molecular weight excluding hydrogens is 211 g/mol. The predicted molar refractivity (Wildman–Crippen MR) is 56.5 cm³/mol. The molecule has 84 valence electrons. The van der Waals surface area contributed by atoms with Gasteiger partial charge in [-0.3, -0.25) is 0 Å². The lowest BCUT2D eigenvalue weighted by Gasteiger charge is -2.07. The topological polar surface area (TPSA) is 66.0 Å². The van der Waals surface area contributed by atoms with Crippen LogP contribution in [-0.4, -0.2) is 22.1 Å². The summed E-state index contributed by atoms with van der Waals surface area (Å²) in [7, 11) is 1.53. The molecule has 2 rings (SSSR count). The summed E-state index contributed by atoms with van der Waals surface area (Å²) >= 11 is 0. The van der Waals surface area contributed by atoms with E-state index in [1.165, 1.54) is 30.2 Å². The molecule has 0 aliphatic carbocycles. The van der Waals surface area contributed by atoms with E-state index in [1.807, 2.05) is 0 Å². The minimum absolute atomic E-state index is 0.318. The zero-order chi connectivity index (χ0) is 11.5. The standard InChI is InChI=1S/C10H11FN4O/c1-16-9-3-2-8(11)4-7(9)6-15-13-5-10(12)14-15/h2-5H,6H2,1H3,(H2,12,14). The van der Waals surface area contributed by atoms with Crippen LogP contribution in [0.3, 0.4) is 0 Å².